The van der Waals surface area contributed by atoms with Gasteiger partial charge in [0.05, 0.1) is 6.07 Å². The Kier molecular flexibility index (Phi) is 4.48. The third kappa shape index (κ3) is 3.16. The van der Waals surface area contributed by atoms with E-state index in [0.717, 1.165) is 23.9 Å². The lowest BCUT2D eigenvalue weighted by Crippen LogP contribution is -2.22. The molecule has 0 aliphatic heterocycles. The number of nitrogens with one attached hydrogen (secondary N) is 1. The van der Waals surface area contributed by atoms with E-state index in [1.807, 2.05) is 42.5 Å². The van der Waals surface area contributed by atoms with Gasteiger partial charge in [0.1, 0.15) is 6.04 Å². The van der Waals surface area contributed by atoms with Gasteiger partial charge < -0.3 is 0 Å². The van der Waals surface area contributed by atoms with Gasteiger partial charge in [0, 0.05) is 6.54 Å². The van der Waals surface area contributed by atoms with Crippen LogP contribution in [0.25, 0.3) is 10.8 Å². The molecule has 0 amide bonds. The van der Waals surface area contributed by atoms with E-state index in [4.69, 9.17) is 0 Å². The summed E-state index contributed by atoms with van der Waals surface area (Å²) < 4.78 is 0. The first-order chi connectivity index (χ1) is 10.9. The van der Waals surface area contributed by atoms with Gasteiger partial charge >= 0.3 is 0 Å². The number of fused-ring (bicyclic) bond motifs is 1. The van der Waals surface area contributed by atoms with Crippen molar-refractivity contribution in [1.82, 2.24) is 5.32 Å². The fourth-order valence-electron chi connectivity index (χ4n) is 2.73. The van der Waals surface area contributed by atoms with E-state index in [0.29, 0.717) is 0 Å². The molecule has 0 spiro atoms. The molecule has 2 heteroatoms. The van der Waals surface area contributed by atoms with Gasteiger partial charge in [-0.2, -0.15) is 5.26 Å². The topological polar surface area (TPSA) is 35.8 Å². The van der Waals surface area contributed by atoms with Crippen molar-refractivity contribution in [3.8, 4) is 6.07 Å². The molecule has 0 fully saturated rings. The monoisotopic (exact) mass is 286 g/mol. The number of hydrogen-bond donors (Lipinski definition) is 1. The van der Waals surface area contributed by atoms with Crippen molar-refractivity contribution >= 4 is 10.8 Å². The Hall–Kier alpha value is -2.63. The van der Waals surface area contributed by atoms with Crippen molar-refractivity contribution in [1.29, 1.82) is 5.26 Å². The largest absolute Gasteiger partial charge is 0.298 e. The van der Waals surface area contributed by atoms with Gasteiger partial charge in [-0.1, -0.05) is 72.8 Å². The van der Waals surface area contributed by atoms with Crippen LogP contribution < -0.4 is 5.32 Å². The first kappa shape index (κ1) is 14.3. The SMILES string of the molecule is N#CC(NCCc1ccccc1)c1cccc2ccccc12. The molecule has 0 saturated heterocycles. The van der Waals surface area contributed by atoms with Crippen LogP contribution in [0, 0.1) is 11.3 Å². The van der Waals surface area contributed by atoms with Crippen LogP contribution in [0.2, 0.25) is 0 Å². The molecule has 108 valence electrons. The van der Waals surface area contributed by atoms with Crippen LogP contribution in [0.15, 0.2) is 72.8 Å². The molecule has 0 aliphatic carbocycles. The van der Waals surface area contributed by atoms with E-state index in [1.165, 1.54) is 10.9 Å². The molecule has 0 aromatic heterocycles. The minimum atomic E-state index is -0.283. The molecular weight excluding hydrogens is 268 g/mol. The van der Waals surface area contributed by atoms with Crippen molar-refractivity contribution in [2.75, 3.05) is 6.54 Å². The first-order valence-corrected chi connectivity index (χ1v) is 7.53. The minimum absolute atomic E-state index is 0.283. The second-order valence-corrected chi connectivity index (χ2v) is 5.32. The lowest BCUT2D eigenvalue weighted by molar-refractivity contribution is 0.633. The van der Waals surface area contributed by atoms with Crippen LogP contribution in [0.1, 0.15) is 17.2 Å². The summed E-state index contributed by atoms with van der Waals surface area (Å²) in [5.74, 6) is 0. The van der Waals surface area contributed by atoms with Gasteiger partial charge in [-0.25, -0.2) is 0 Å². The van der Waals surface area contributed by atoms with Crippen molar-refractivity contribution in [3.63, 3.8) is 0 Å². The molecule has 0 bridgehead atoms. The quantitative estimate of drug-likeness (QED) is 0.761. The Morgan fingerprint density at radius 3 is 2.41 bits per heavy atom. The van der Waals surface area contributed by atoms with Crippen LogP contribution in [0.4, 0.5) is 0 Å². The zero-order valence-electron chi connectivity index (χ0n) is 12.4. The van der Waals surface area contributed by atoms with E-state index in [9.17, 15) is 5.26 Å². The lowest BCUT2D eigenvalue weighted by atomic mass is 9.99. The predicted molar refractivity (Wildman–Crippen MR) is 90.5 cm³/mol. The van der Waals surface area contributed by atoms with Crippen LogP contribution in [0.3, 0.4) is 0 Å². The van der Waals surface area contributed by atoms with Crippen LogP contribution >= 0.6 is 0 Å². The fraction of sp³-hybridized carbons (Fsp3) is 0.150. The van der Waals surface area contributed by atoms with Crippen molar-refractivity contribution in [3.05, 3.63) is 83.9 Å². The second-order valence-electron chi connectivity index (χ2n) is 5.32. The Labute approximate surface area is 131 Å². The van der Waals surface area contributed by atoms with Gasteiger partial charge in [0.2, 0.25) is 0 Å². The second kappa shape index (κ2) is 6.89. The molecule has 1 N–H and O–H groups in total. The van der Waals surface area contributed by atoms with E-state index >= 15 is 0 Å². The van der Waals surface area contributed by atoms with E-state index in [1.54, 1.807) is 0 Å². The molecule has 3 rings (SSSR count). The maximum atomic E-state index is 9.52. The maximum absolute atomic E-state index is 9.52. The fourth-order valence-corrected chi connectivity index (χ4v) is 2.73. The highest BCUT2D eigenvalue weighted by Crippen LogP contribution is 2.23. The van der Waals surface area contributed by atoms with Gasteiger partial charge in [0.15, 0.2) is 0 Å². The molecule has 2 nitrogen and oxygen atoms in total. The first-order valence-electron chi connectivity index (χ1n) is 7.53. The molecule has 0 heterocycles. The minimum Gasteiger partial charge on any atom is -0.298 e. The van der Waals surface area contributed by atoms with Crippen molar-refractivity contribution in [2.24, 2.45) is 0 Å². The Balaban J connectivity index is 1.75. The van der Waals surface area contributed by atoms with Crippen LogP contribution in [0.5, 0.6) is 0 Å². The average molecular weight is 286 g/mol. The number of rotatable bonds is 5. The van der Waals surface area contributed by atoms with Crippen LogP contribution in [-0.2, 0) is 6.42 Å². The average Bonchev–Trinajstić information content (AvgIpc) is 2.59. The third-order valence-electron chi connectivity index (χ3n) is 3.87. The maximum Gasteiger partial charge on any atom is 0.121 e. The molecule has 3 aromatic carbocycles. The smallest absolute Gasteiger partial charge is 0.121 e. The van der Waals surface area contributed by atoms with Crippen molar-refractivity contribution in [2.45, 2.75) is 12.5 Å². The Bertz CT molecular complexity index is 782. The number of hydrogen-bond acceptors (Lipinski definition) is 2. The summed E-state index contributed by atoms with van der Waals surface area (Å²) in [5, 5.41) is 15.2. The summed E-state index contributed by atoms with van der Waals surface area (Å²) in [6, 6.07) is 26.8. The zero-order chi connectivity index (χ0) is 15.2. The highest BCUT2D eigenvalue weighted by Gasteiger charge is 2.12. The van der Waals surface area contributed by atoms with Gasteiger partial charge in [-0.05, 0) is 28.3 Å². The van der Waals surface area contributed by atoms with Gasteiger partial charge in [-0.3, -0.25) is 5.32 Å². The molecule has 1 atom stereocenters. The number of nitriles is 1. The molecule has 0 aliphatic rings. The summed E-state index contributed by atoms with van der Waals surface area (Å²) in [7, 11) is 0. The molecule has 3 aromatic rings. The molecular formula is C20H18N2. The van der Waals surface area contributed by atoms with Gasteiger partial charge in [-0.15, -0.1) is 0 Å². The normalized spacial score (nSPS) is 12.0. The molecule has 0 radical (unpaired) electrons. The molecule has 1 unspecified atom stereocenters. The van der Waals surface area contributed by atoms with Gasteiger partial charge in [0.25, 0.3) is 0 Å². The van der Waals surface area contributed by atoms with Crippen molar-refractivity contribution < 1.29 is 0 Å². The number of benzene rings is 3. The lowest BCUT2D eigenvalue weighted by Gasteiger charge is -2.14. The third-order valence-corrected chi connectivity index (χ3v) is 3.87. The van der Waals surface area contributed by atoms with Crippen LogP contribution in [-0.4, -0.2) is 6.54 Å². The van der Waals surface area contributed by atoms with E-state index < -0.39 is 0 Å². The summed E-state index contributed by atoms with van der Waals surface area (Å²) in [6.45, 7) is 0.783. The highest BCUT2D eigenvalue weighted by molar-refractivity contribution is 5.86. The summed E-state index contributed by atoms with van der Waals surface area (Å²) >= 11 is 0. The molecule has 0 saturated carbocycles. The van der Waals surface area contributed by atoms with E-state index in [2.05, 4.69) is 41.7 Å². The summed E-state index contributed by atoms with van der Waals surface area (Å²) in [4.78, 5) is 0. The Morgan fingerprint density at radius 2 is 1.59 bits per heavy atom. The summed E-state index contributed by atoms with van der Waals surface area (Å²) in [6.07, 6.45) is 0.920. The highest BCUT2D eigenvalue weighted by atomic mass is 14.9. The predicted octanol–water partition coefficient (Wildman–Crippen LogP) is 4.24. The summed E-state index contributed by atoms with van der Waals surface area (Å²) in [5.41, 5.74) is 2.33. The Morgan fingerprint density at radius 1 is 0.864 bits per heavy atom. The zero-order valence-corrected chi connectivity index (χ0v) is 12.4. The van der Waals surface area contributed by atoms with E-state index in [-0.39, 0.29) is 6.04 Å². The molecule has 22 heavy (non-hydrogen) atoms. The standard InChI is InChI=1S/C20H18N2/c21-15-20(22-14-13-16-7-2-1-3-8-16)19-12-6-10-17-9-4-5-11-18(17)19/h1-12,20,22H,13-14H2. The number of nitrogens with zero attached hydrogens (tertiary/aromatic N) is 1.